The fourth-order valence-corrected chi connectivity index (χ4v) is 4.82. The van der Waals surface area contributed by atoms with Crippen molar-refractivity contribution in [3.63, 3.8) is 0 Å². The molecule has 0 aliphatic heterocycles. The SMILES string of the molecule is COC(=O)C(C)(COc1ccccc1)NCC(=O)Nc1sc2c(c1C(N)=O)CCCC2. The molecule has 0 bridgehead atoms. The number of aryl methyl sites for hydroxylation is 1. The van der Waals surface area contributed by atoms with Crippen LogP contribution < -0.4 is 21.1 Å². The van der Waals surface area contributed by atoms with E-state index in [1.54, 1.807) is 19.1 Å². The minimum absolute atomic E-state index is 0.0310. The topological polar surface area (TPSA) is 120 Å². The molecule has 4 N–H and O–H groups in total. The summed E-state index contributed by atoms with van der Waals surface area (Å²) >= 11 is 1.39. The van der Waals surface area contributed by atoms with Crippen LogP contribution in [0, 0.1) is 0 Å². The van der Waals surface area contributed by atoms with E-state index in [1.165, 1.54) is 18.4 Å². The molecular formula is C22H27N3O5S. The smallest absolute Gasteiger partial charge is 0.329 e. The van der Waals surface area contributed by atoms with Gasteiger partial charge in [0.1, 0.15) is 22.9 Å². The minimum Gasteiger partial charge on any atom is -0.491 e. The van der Waals surface area contributed by atoms with Crippen molar-refractivity contribution in [2.75, 3.05) is 25.6 Å². The number of ether oxygens (including phenoxy) is 2. The van der Waals surface area contributed by atoms with Gasteiger partial charge in [-0.05, 0) is 50.3 Å². The van der Waals surface area contributed by atoms with Gasteiger partial charge in [-0.2, -0.15) is 0 Å². The first kappa shape index (κ1) is 22.8. The van der Waals surface area contributed by atoms with E-state index in [0.717, 1.165) is 36.1 Å². The number of esters is 1. The van der Waals surface area contributed by atoms with E-state index >= 15 is 0 Å². The van der Waals surface area contributed by atoms with Crippen molar-refractivity contribution in [2.45, 2.75) is 38.1 Å². The predicted molar refractivity (Wildman–Crippen MR) is 118 cm³/mol. The number of nitrogens with two attached hydrogens (primary N) is 1. The normalized spacial score (nSPS) is 14.8. The second-order valence-electron chi connectivity index (χ2n) is 7.61. The van der Waals surface area contributed by atoms with Gasteiger partial charge < -0.3 is 20.5 Å². The predicted octanol–water partition coefficient (Wildman–Crippen LogP) is 2.26. The Balaban J connectivity index is 1.66. The van der Waals surface area contributed by atoms with E-state index in [-0.39, 0.29) is 13.2 Å². The summed E-state index contributed by atoms with van der Waals surface area (Å²) in [5.74, 6) is -0.894. The number of hydrogen-bond donors (Lipinski definition) is 3. The molecule has 1 aromatic carbocycles. The highest BCUT2D eigenvalue weighted by Gasteiger charge is 2.36. The molecule has 0 saturated heterocycles. The first-order chi connectivity index (χ1) is 14.8. The summed E-state index contributed by atoms with van der Waals surface area (Å²) in [6.07, 6.45) is 3.72. The summed E-state index contributed by atoms with van der Waals surface area (Å²) in [4.78, 5) is 38.0. The molecular weight excluding hydrogens is 418 g/mol. The molecule has 8 nitrogen and oxygen atoms in total. The molecule has 166 valence electrons. The van der Waals surface area contributed by atoms with Gasteiger partial charge in [0, 0.05) is 4.88 Å². The van der Waals surface area contributed by atoms with E-state index < -0.39 is 23.3 Å². The Bertz CT molecular complexity index is 960. The monoisotopic (exact) mass is 445 g/mol. The molecule has 31 heavy (non-hydrogen) atoms. The number of benzene rings is 1. The van der Waals surface area contributed by atoms with Crippen LogP contribution in [0.25, 0.3) is 0 Å². The van der Waals surface area contributed by atoms with E-state index in [2.05, 4.69) is 10.6 Å². The average molecular weight is 446 g/mol. The minimum atomic E-state index is -1.25. The van der Waals surface area contributed by atoms with Crippen LogP contribution in [-0.4, -0.2) is 43.6 Å². The third-order valence-corrected chi connectivity index (χ3v) is 6.42. The van der Waals surface area contributed by atoms with Gasteiger partial charge in [0.15, 0.2) is 0 Å². The van der Waals surface area contributed by atoms with Crippen molar-refractivity contribution >= 4 is 34.1 Å². The summed E-state index contributed by atoms with van der Waals surface area (Å²) in [5.41, 5.74) is 5.68. The van der Waals surface area contributed by atoms with Crippen molar-refractivity contribution in [2.24, 2.45) is 5.73 Å². The van der Waals surface area contributed by atoms with E-state index in [4.69, 9.17) is 15.2 Å². The lowest BCUT2D eigenvalue weighted by atomic mass is 9.95. The maximum absolute atomic E-state index is 12.6. The Kier molecular flexibility index (Phi) is 7.29. The molecule has 0 saturated carbocycles. The van der Waals surface area contributed by atoms with Gasteiger partial charge in [-0.1, -0.05) is 18.2 Å². The number of para-hydroxylation sites is 1. The molecule has 1 heterocycles. The third-order valence-electron chi connectivity index (χ3n) is 5.22. The van der Waals surface area contributed by atoms with Gasteiger partial charge in [0.25, 0.3) is 5.91 Å². The molecule has 1 aliphatic carbocycles. The summed E-state index contributed by atoms with van der Waals surface area (Å²) in [7, 11) is 1.28. The highest BCUT2D eigenvalue weighted by atomic mass is 32.1. The number of carbonyl (C=O) groups is 3. The number of amides is 2. The van der Waals surface area contributed by atoms with Crippen LogP contribution in [0.5, 0.6) is 5.75 Å². The van der Waals surface area contributed by atoms with Gasteiger partial charge in [-0.15, -0.1) is 11.3 Å². The van der Waals surface area contributed by atoms with E-state index in [0.29, 0.717) is 16.3 Å². The number of nitrogens with one attached hydrogen (secondary N) is 2. The van der Waals surface area contributed by atoms with Crippen LogP contribution in [0.4, 0.5) is 5.00 Å². The van der Waals surface area contributed by atoms with Crippen molar-refractivity contribution in [1.29, 1.82) is 0 Å². The third kappa shape index (κ3) is 5.42. The molecule has 2 amide bonds. The zero-order valence-corrected chi connectivity index (χ0v) is 18.5. The second kappa shape index (κ2) is 9.93. The first-order valence-corrected chi connectivity index (χ1v) is 10.9. The molecule has 9 heteroatoms. The summed E-state index contributed by atoms with van der Waals surface area (Å²) < 4.78 is 10.6. The zero-order chi connectivity index (χ0) is 22.4. The molecule has 0 radical (unpaired) electrons. The average Bonchev–Trinajstić information content (AvgIpc) is 3.14. The number of hydrogen-bond acceptors (Lipinski definition) is 7. The summed E-state index contributed by atoms with van der Waals surface area (Å²) in [5, 5.41) is 6.16. The van der Waals surface area contributed by atoms with Crippen LogP contribution in [0.3, 0.4) is 0 Å². The van der Waals surface area contributed by atoms with Crippen molar-refractivity contribution < 1.29 is 23.9 Å². The highest BCUT2D eigenvalue weighted by Crippen LogP contribution is 2.37. The number of primary amides is 1. The van der Waals surface area contributed by atoms with Gasteiger partial charge in [-0.3, -0.25) is 14.9 Å². The Morgan fingerprint density at radius 3 is 2.55 bits per heavy atom. The summed E-state index contributed by atoms with van der Waals surface area (Å²) in [6, 6.07) is 9.05. The number of anilines is 1. The largest absolute Gasteiger partial charge is 0.491 e. The Hall–Kier alpha value is -2.91. The quantitative estimate of drug-likeness (QED) is 0.510. The fraction of sp³-hybridized carbons (Fsp3) is 0.409. The Morgan fingerprint density at radius 1 is 1.16 bits per heavy atom. The molecule has 1 aromatic heterocycles. The van der Waals surface area contributed by atoms with Crippen molar-refractivity contribution in [1.82, 2.24) is 5.32 Å². The lowest BCUT2D eigenvalue weighted by Crippen LogP contribution is -2.56. The molecule has 1 atom stereocenters. The molecule has 3 rings (SSSR count). The van der Waals surface area contributed by atoms with Crippen LogP contribution in [-0.2, 0) is 27.2 Å². The number of fused-ring (bicyclic) bond motifs is 1. The maximum atomic E-state index is 12.6. The van der Waals surface area contributed by atoms with Crippen LogP contribution in [0.15, 0.2) is 30.3 Å². The van der Waals surface area contributed by atoms with Gasteiger partial charge >= 0.3 is 5.97 Å². The molecule has 0 spiro atoms. The van der Waals surface area contributed by atoms with Gasteiger partial charge in [0.05, 0.1) is 19.2 Å². The zero-order valence-electron chi connectivity index (χ0n) is 17.7. The van der Waals surface area contributed by atoms with E-state index in [9.17, 15) is 14.4 Å². The number of carbonyl (C=O) groups excluding carboxylic acids is 3. The van der Waals surface area contributed by atoms with Crippen molar-refractivity contribution in [3.05, 3.63) is 46.3 Å². The molecule has 1 unspecified atom stereocenters. The fourth-order valence-electron chi connectivity index (χ4n) is 3.51. The van der Waals surface area contributed by atoms with Crippen LogP contribution in [0.2, 0.25) is 0 Å². The first-order valence-electron chi connectivity index (χ1n) is 10.1. The van der Waals surface area contributed by atoms with Crippen LogP contribution in [0.1, 0.15) is 40.6 Å². The number of thiophene rings is 1. The lowest BCUT2D eigenvalue weighted by Gasteiger charge is -2.27. The number of methoxy groups -OCH3 is 1. The maximum Gasteiger partial charge on any atom is 0.329 e. The van der Waals surface area contributed by atoms with Crippen LogP contribution >= 0.6 is 11.3 Å². The number of rotatable bonds is 9. The van der Waals surface area contributed by atoms with Crippen molar-refractivity contribution in [3.8, 4) is 5.75 Å². The molecule has 1 aliphatic rings. The van der Waals surface area contributed by atoms with E-state index in [1.807, 2.05) is 18.2 Å². The lowest BCUT2D eigenvalue weighted by molar-refractivity contribution is -0.149. The molecule has 0 fully saturated rings. The van der Waals surface area contributed by atoms with Gasteiger partial charge in [0.2, 0.25) is 5.91 Å². The Morgan fingerprint density at radius 2 is 1.87 bits per heavy atom. The standard InChI is InChI=1S/C22H27N3O5S/c1-22(21(28)29-2,13-30-14-8-4-3-5-9-14)24-12-17(26)25-20-18(19(23)27)15-10-6-7-11-16(15)31-20/h3-5,8-9,24H,6-7,10-13H2,1-2H3,(H2,23,27)(H,25,26). The Labute approximate surface area is 185 Å². The molecule has 2 aromatic rings. The van der Waals surface area contributed by atoms with Gasteiger partial charge in [-0.25, -0.2) is 4.79 Å². The highest BCUT2D eigenvalue weighted by molar-refractivity contribution is 7.17. The summed E-state index contributed by atoms with van der Waals surface area (Å²) in [6.45, 7) is 1.40. The second-order valence-corrected chi connectivity index (χ2v) is 8.71.